The third-order valence-corrected chi connectivity index (χ3v) is 4.79. The van der Waals surface area contributed by atoms with E-state index < -0.39 is 0 Å². The van der Waals surface area contributed by atoms with Crippen LogP contribution in [-0.4, -0.2) is 43.6 Å². The molecular formula is C18H25N5O3. The first-order valence-corrected chi connectivity index (χ1v) is 8.89. The summed E-state index contributed by atoms with van der Waals surface area (Å²) < 4.78 is 1.55. The molecule has 0 radical (unpaired) electrons. The summed E-state index contributed by atoms with van der Waals surface area (Å²) in [6, 6.07) is 3.37. The van der Waals surface area contributed by atoms with Crippen molar-refractivity contribution >= 4 is 5.91 Å². The number of carbonyl (C=O) groups is 1. The van der Waals surface area contributed by atoms with E-state index in [1.165, 1.54) is 6.20 Å². The lowest BCUT2D eigenvalue weighted by molar-refractivity contribution is 0.0674. The molecule has 2 N–H and O–H groups in total. The summed E-state index contributed by atoms with van der Waals surface area (Å²) >= 11 is 0. The molecule has 1 amide bonds. The van der Waals surface area contributed by atoms with E-state index in [9.17, 15) is 14.4 Å². The molecule has 8 heteroatoms. The van der Waals surface area contributed by atoms with Gasteiger partial charge in [-0.25, -0.2) is 9.48 Å². The molecule has 1 fully saturated rings. The number of aromatic amines is 2. The quantitative estimate of drug-likeness (QED) is 0.856. The van der Waals surface area contributed by atoms with Crippen molar-refractivity contribution in [2.45, 2.75) is 45.6 Å². The molecule has 3 heterocycles. The van der Waals surface area contributed by atoms with Gasteiger partial charge in [-0.3, -0.25) is 9.59 Å². The fraction of sp³-hybridized carbons (Fsp3) is 0.556. The number of hydrogen-bond acceptors (Lipinski definition) is 4. The lowest BCUT2D eigenvalue weighted by Gasteiger charge is -2.31. The van der Waals surface area contributed by atoms with Crippen LogP contribution in [0.4, 0.5) is 0 Å². The van der Waals surface area contributed by atoms with Crippen molar-refractivity contribution in [2.75, 3.05) is 13.1 Å². The number of imidazole rings is 1. The third-order valence-electron chi connectivity index (χ3n) is 4.79. The Kier molecular flexibility index (Phi) is 4.84. The van der Waals surface area contributed by atoms with Crippen LogP contribution in [0, 0.1) is 5.92 Å². The Hall–Kier alpha value is -2.64. The van der Waals surface area contributed by atoms with Gasteiger partial charge in [0.2, 0.25) is 0 Å². The van der Waals surface area contributed by atoms with Gasteiger partial charge in [-0.15, -0.1) is 0 Å². The maximum Gasteiger partial charge on any atom is 0.323 e. The van der Waals surface area contributed by atoms with Gasteiger partial charge in [-0.1, -0.05) is 20.8 Å². The van der Waals surface area contributed by atoms with Crippen LogP contribution in [0.25, 0.3) is 0 Å². The molecule has 1 aliphatic heterocycles. The number of amides is 1. The Morgan fingerprint density at radius 2 is 1.92 bits per heavy atom. The number of likely N-dealkylation sites (tertiary alicyclic amines) is 1. The summed E-state index contributed by atoms with van der Waals surface area (Å²) in [6.45, 7) is 7.97. The van der Waals surface area contributed by atoms with E-state index in [1.807, 2.05) is 0 Å². The Bertz CT molecular complexity index is 894. The van der Waals surface area contributed by atoms with Gasteiger partial charge in [-0.2, -0.15) is 5.10 Å². The molecular weight excluding hydrogens is 334 g/mol. The van der Waals surface area contributed by atoms with Crippen molar-refractivity contribution in [3.05, 3.63) is 50.6 Å². The summed E-state index contributed by atoms with van der Waals surface area (Å²) in [4.78, 5) is 42.3. The Labute approximate surface area is 151 Å². The monoisotopic (exact) mass is 359 g/mol. The van der Waals surface area contributed by atoms with Crippen LogP contribution in [0.1, 0.15) is 49.8 Å². The van der Waals surface area contributed by atoms with Crippen molar-refractivity contribution < 1.29 is 4.79 Å². The molecule has 140 valence electrons. The van der Waals surface area contributed by atoms with Crippen LogP contribution in [0.3, 0.4) is 0 Å². The van der Waals surface area contributed by atoms with E-state index in [4.69, 9.17) is 0 Å². The van der Waals surface area contributed by atoms with Crippen LogP contribution in [0.5, 0.6) is 0 Å². The smallest absolute Gasteiger partial charge is 0.323 e. The van der Waals surface area contributed by atoms with Crippen LogP contribution >= 0.6 is 0 Å². The van der Waals surface area contributed by atoms with Crippen LogP contribution < -0.4 is 11.2 Å². The Morgan fingerprint density at radius 1 is 1.23 bits per heavy atom. The first-order valence-electron chi connectivity index (χ1n) is 8.89. The van der Waals surface area contributed by atoms with Gasteiger partial charge in [0.25, 0.3) is 11.5 Å². The largest absolute Gasteiger partial charge is 0.337 e. The highest BCUT2D eigenvalue weighted by molar-refractivity contribution is 5.92. The lowest BCUT2D eigenvalue weighted by Crippen LogP contribution is -2.40. The predicted octanol–water partition coefficient (Wildman–Crippen LogP) is 1.11. The summed E-state index contributed by atoms with van der Waals surface area (Å²) in [6.07, 6.45) is 3.00. The van der Waals surface area contributed by atoms with Crippen LogP contribution in [0.2, 0.25) is 0 Å². The first-order chi connectivity index (χ1) is 12.2. The molecule has 0 aliphatic carbocycles. The second-order valence-electron chi connectivity index (χ2n) is 7.88. The summed E-state index contributed by atoms with van der Waals surface area (Å²) in [7, 11) is 0. The molecule has 3 rings (SSSR count). The van der Waals surface area contributed by atoms with E-state index in [0.29, 0.717) is 25.6 Å². The van der Waals surface area contributed by atoms with Gasteiger partial charge in [0.15, 0.2) is 0 Å². The molecule has 2 aromatic rings. The van der Waals surface area contributed by atoms with Crippen molar-refractivity contribution in [2.24, 2.45) is 5.92 Å². The van der Waals surface area contributed by atoms with Crippen LogP contribution in [-0.2, 0) is 12.0 Å². The van der Waals surface area contributed by atoms with Gasteiger partial charge in [0.05, 0.1) is 5.69 Å². The van der Waals surface area contributed by atoms with E-state index >= 15 is 0 Å². The fourth-order valence-corrected chi connectivity index (χ4v) is 3.16. The van der Waals surface area contributed by atoms with Gasteiger partial charge >= 0.3 is 5.69 Å². The van der Waals surface area contributed by atoms with Gasteiger partial charge in [0, 0.05) is 37.3 Å². The van der Waals surface area contributed by atoms with Crippen molar-refractivity contribution in [1.29, 1.82) is 0 Å². The molecule has 1 saturated heterocycles. The lowest BCUT2D eigenvalue weighted by atomic mass is 9.92. The Balaban J connectivity index is 1.63. The molecule has 0 unspecified atom stereocenters. The predicted molar refractivity (Wildman–Crippen MR) is 97.2 cm³/mol. The SMILES string of the molecule is CC(C)(C)c1ccc(=O)n(CC2CCN(C(=O)c3c[nH]c(=O)[nH]3)CC2)n1. The van der Waals surface area contributed by atoms with Crippen LogP contribution in [0.15, 0.2) is 27.9 Å². The highest BCUT2D eigenvalue weighted by Gasteiger charge is 2.25. The standard InChI is InChI=1S/C18H25N5O3/c1-18(2,3)14-4-5-15(24)23(21-14)11-12-6-8-22(9-7-12)16(25)13-10-19-17(26)20-13/h4-5,10,12H,6-9,11H2,1-3H3,(H2,19,20,26). The number of hydrogen-bond donors (Lipinski definition) is 2. The first kappa shape index (κ1) is 18.2. The fourth-order valence-electron chi connectivity index (χ4n) is 3.16. The molecule has 2 aromatic heterocycles. The number of H-pyrrole nitrogens is 2. The molecule has 0 bridgehead atoms. The summed E-state index contributed by atoms with van der Waals surface area (Å²) in [5.41, 5.74) is 0.581. The Morgan fingerprint density at radius 3 is 2.50 bits per heavy atom. The number of aromatic nitrogens is 4. The zero-order chi connectivity index (χ0) is 18.9. The average Bonchev–Trinajstić information content (AvgIpc) is 3.02. The minimum Gasteiger partial charge on any atom is -0.337 e. The van der Waals surface area contributed by atoms with E-state index in [0.717, 1.165) is 18.5 Å². The normalized spacial score (nSPS) is 16.0. The second-order valence-corrected chi connectivity index (χ2v) is 7.88. The van der Waals surface area contributed by atoms with E-state index in [1.54, 1.807) is 21.7 Å². The molecule has 26 heavy (non-hydrogen) atoms. The summed E-state index contributed by atoms with van der Waals surface area (Å²) in [5, 5.41) is 4.52. The van der Waals surface area contributed by atoms with Crippen molar-refractivity contribution in [3.8, 4) is 0 Å². The molecule has 8 nitrogen and oxygen atoms in total. The van der Waals surface area contributed by atoms with Crippen molar-refractivity contribution in [1.82, 2.24) is 24.6 Å². The molecule has 0 atom stereocenters. The number of carbonyl (C=O) groups excluding carboxylic acids is 1. The second kappa shape index (κ2) is 6.93. The zero-order valence-electron chi connectivity index (χ0n) is 15.4. The number of piperidine rings is 1. The average molecular weight is 359 g/mol. The highest BCUT2D eigenvalue weighted by atomic mass is 16.2. The summed E-state index contributed by atoms with van der Waals surface area (Å²) in [5.74, 6) is 0.122. The molecule has 0 saturated carbocycles. The number of nitrogens with one attached hydrogen (secondary N) is 2. The molecule has 1 aliphatic rings. The van der Waals surface area contributed by atoms with E-state index in [-0.39, 0.29) is 28.3 Å². The van der Waals surface area contributed by atoms with Gasteiger partial charge in [0.1, 0.15) is 5.69 Å². The van der Waals surface area contributed by atoms with Crippen molar-refractivity contribution in [3.63, 3.8) is 0 Å². The number of nitrogens with zero attached hydrogens (tertiary/aromatic N) is 3. The number of rotatable bonds is 3. The van der Waals surface area contributed by atoms with Gasteiger partial charge < -0.3 is 14.9 Å². The minimum atomic E-state index is -0.382. The van der Waals surface area contributed by atoms with Gasteiger partial charge in [-0.05, 0) is 24.8 Å². The third kappa shape index (κ3) is 3.95. The zero-order valence-corrected chi connectivity index (χ0v) is 15.4. The minimum absolute atomic E-state index is 0.0959. The topological polar surface area (TPSA) is 104 Å². The highest BCUT2D eigenvalue weighted by Crippen LogP contribution is 2.21. The molecule has 0 aromatic carbocycles. The maximum absolute atomic E-state index is 12.4. The molecule has 0 spiro atoms. The maximum atomic E-state index is 12.4. The van der Waals surface area contributed by atoms with E-state index in [2.05, 4.69) is 35.8 Å².